The van der Waals surface area contributed by atoms with E-state index in [0.717, 1.165) is 61.9 Å². The summed E-state index contributed by atoms with van der Waals surface area (Å²) in [5, 5.41) is 15.1. The molecule has 0 fully saturated rings. The molecule has 8 nitrogen and oxygen atoms in total. The first-order valence-electron chi connectivity index (χ1n) is 12.6. The predicted octanol–water partition coefficient (Wildman–Crippen LogP) is 3.02. The van der Waals surface area contributed by atoms with E-state index < -0.39 is 0 Å². The number of carbonyl (C=O) groups excluding carboxylic acids is 1. The number of nitrogens with zero attached hydrogens (tertiary/aromatic N) is 3. The average Bonchev–Trinajstić information content (AvgIpc) is 3.10. The Morgan fingerprint density at radius 1 is 1.03 bits per heavy atom. The maximum atomic E-state index is 13.1. The first kappa shape index (κ1) is 23.5. The molecule has 1 aromatic heterocycles. The normalized spacial score (nSPS) is 16.7. The van der Waals surface area contributed by atoms with Gasteiger partial charge in [-0.2, -0.15) is 0 Å². The zero-order chi connectivity index (χ0) is 23.9. The summed E-state index contributed by atoms with van der Waals surface area (Å²) in [6.45, 7) is 4.53. The van der Waals surface area contributed by atoms with Crippen molar-refractivity contribution in [1.29, 1.82) is 0 Å². The molecule has 0 radical (unpaired) electrons. The SMILES string of the molecule is O=C(NCc1nnc2n1CCCCC2)c1ccc2c(c1)Cc1cccc(c1)CNCCOCCO2. The number of ether oxygens (including phenoxy) is 2. The first-order chi connectivity index (χ1) is 17.3. The number of aromatic nitrogens is 3. The third-order valence-electron chi connectivity index (χ3n) is 6.54. The van der Waals surface area contributed by atoms with E-state index in [4.69, 9.17) is 9.47 Å². The molecule has 0 unspecified atom stereocenters. The molecule has 8 heteroatoms. The van der Waals surface area contributed by atoms with Crippen LogP contribution in [-0.4, -0.2) is 47.0 Å². The maximum Gasteiger partial charge on any atom is 0.251 e. The quantitative estimate of drug-likeness (QED) is 0.605. The van der Waals surface area contributed by atoms with Crippen molar-refractivity contribution >= 4 is 5.91 Å². The van der Waals surface area contributed by atoms with Gasteiger partial charge < -0.3 is 24.7 Å². The van der Waals surface area contributed by atoms with E-state index in [9.17, 15) is 4.79 Å². The van der Waals surface area contributed by atoms with Crippen molar-refractivity contribution in [2.75, 3.05) is 26.4 Å². The van der Waals surface area contributed by atoms with Crippen LogP contribution in [0.2, 0.25) is 0 Å². The van der Waals surface area contributed by atoms with Gasteiger partial charge in [0.15, 0.2) is 5.82 Å². The van der Waals surface area contributed by atoms with Gasteiger partial charge in [0.05, 0.1) is 19.8 Å². The molecule has 2 aromatic carbocycles. The number of hydrogen-bond acceptors (Lipinski definition) is 6. The van der Waals surface area contributed by atoms with E-state index >= 15 is 0 Å². The topological polar surface area (TPSA) is 90.3 Å². The van der Waals surface area contributed by atoms with Crippen LogP contribution in [-0.2, 0) is 37.2 Å². The van der Waals surface area contributed by atoms with Crippen LogP contribution in [0.3, 0.4) is 0 Å². The van der Waals surface area contributed by atoms with E-state index in [1.54, 1.807) is 0 Å². The Morgan fingerprint density at radius 3 is 2.94 bits per heavy atom. The van der Waals surface area contributed by atoms with Gasteiger partial charge in [0.2, 0.25) is 0 Å². The van der Waals surface area contributed by atoms with Crippen LogP contribution in [0.1, 0.15) is 58.0 Å². The van der Waals surface area contributed by atoms with Crippen LogP contribution in [0, 0.1) is 0 Å². The van der Waals surface area contributed by atoms with Crippen molar-refractivity contribution in [1.82, 2.24) is 25.4 Å². The highest BCUT2D eigenvalue weighted by Crippen LogP contribution is 2.24. The van der Waals surface area contributed by atoms with Crippen molar-refractivity contribution in [3.05, 3.63) is 76.4 Å². The fourth-order valence-electron chi connectivity index (χ4n) is 4.70. The summed E-state index contributed by atoms with van der Waals surface area (Å²) in [6, 6.07) is 14.2. The Balaban J connectivity index is 1.33. The summed E-state index contributed by atoms with van der Waals surface area (Å²) in [6.07, 6.45) is 5.11. The number of fused-ring (bicyclic) bond motifs is 4. The van der Waals surface area contributed by atoms with Gasteiger partial charge in [-0.15, -0.1) is 10.2 Å². The summed E-state index contributed by atoms with van der Waals surface area (Å²) in [5.41, 5.74) is 4.00. The van der Waals surface area contributed by atoms with Crippen LogP contribution in [0.25, 0.3) is 0 Å². The molecular weight excluding hydrogens is 442 g/mol. The van der Waals surface area contributed by atoms with Crippen LogP contribution < -0.4 is 15.4 Å². The molecule has 0 saturated heterocycles. The first-order valence-corrected chi connectivity index (χ1v) is 12.6. The Hall–Kier alpha value is -3.23. The summed E-state index contributed by atoms with van der Waals surface area (Å²) >= 11 is 0. The summed E-state index contributed by atoms with van der Waals surface area (Å²) in [4.78, 5) is 13.1. The highest BCUT2D eigenvalue weighted by molar-refractivity contribution is 5.94. The van der Waals surface area contributed by atoms with Crippen molar-refractivity contribution in [2.45, 2.75) is 51.7 Å². The zero-order valence-corrected chi connectivity index (χ0v) is 20.1. The molecule has 5 rings (SSSR count). The molecule has 184 valence electrons. The monoisotopic (exact) mass is 475 g/mol. The zero-order valence-electron chi connectivity index (χ0n) is 20.1. The Bertz CT molecular complexity index is 1160. The standard InChI is InChI=1S/C27H33N5O3/c33-27(29-19-26-31-30-25-7-2-1-3-11-32(25)26)22-8-9-24-23(17-22)16-20-5-4-6-21(15-20)18-28-10-12-34-13-14-35-24/h4-6,8-9,15,17,28H,1-3,7,10-14,16,18-19H2,(H,29,33). The van der Waals surface area contributed by atoms with E-state index in [2.05, 4.69) is 49.7 Å². The number of nitrogens with one attached hydrogen (secondary N) is 2. The van der Waals surface area contributed by atoms with Gasteiger partial charge in [0.25, 0.3) is 5.91 Å². The molecule has 3 heterocycles. The van der Waals surface area contributed by atoms with E-state index in [-0.39, 0.29) is 5.91 Å². The maximum absolute atomic E-state index is 13.1. The number of rotatable bonds is 3. The number of aryl methyl sites for hydroxylation is 1. The second kappa shape index (κ2) is 11.5. The minimum Gasteiger partial charge on any atom is -0.491 e. The lowest BCUT2D eigenvalue weighted by atomic mass is 9.99. The van der Waals surface area contributed by atoms with Crippen LogP contribution in [0.15, 0.2) is 42.5 Å². The number of amides is 1. The molecule has 3 aromatic rings. The summed E-state index contributed by atoms with van der Waals surface area (Å²) in [7, 11) is 0. The molecule has 0 atom stereocenters. The third-order valence-corrected chi connectivity index (χ3v) is 6.54. The molecule has 2 bridgehead atoms. The molecule has 0 aliphatic carbocycles. The van der Waals surface area contributed by atoms with Gasteiger partial charge in [0, 0.05) is 38.0 Å². The van der Waals surface area contributed by atoms with Gasteiger partial charge in [-0.3, -0.25) is 4.79 Å². The number of carbonyl (C=O) groups is 1. The smallest absolute Gasteiger partial charge is 0.251 e. The highest BCUT2D eigenvalue weighted by Gasteiger charge is 2.17. The number of benzene rings is 2. The molecule has 35 heavy (non-hydrogen) atoms. The molecular formula is C27H33N5O3. The lowest BCUT2D eigenvalue weighted by Gasteiger charge is -2.15. The minimum absolute atomic E-state index is 0.126. The highest BCUT2D eigenvalue weighted by atomic mass is 16.5. The molecule has 0 saturated carbocycles. The molecule has 2 aliphatic heterocycles. The molecule has 2 N–H and O–H groups in total. The summed E-state index contributed by atoms with van der Waals surface area (Å²) in [5.74, 6) is 2.51. The fraction of sp³-hybridized carbons (Fsp3) is 0.444. The molecule has 1 amide bonds. The van der Waals surface area contributed by atoms with Crippen LogP contribution in [0.4, 0.5) is 0 Å². The minimum atomic E-state index is -0.126. The Labute approximate surface area is 206 Å². The Kier molecular flexibility index (Phi) is 7.70. The lowest BCUT2D eigenvalue weighted by molar-refractivity contribution is 0.0948. The van der Waals surface area contributed by atoms with Gasteiger partial charge in [-0.25, -0.2) is 0 Å². The van der Waals surface area contributed by atoms with Crippen LogP contribution >= 0.6 is 0 Å². The predicted molar refractivity (Wildman–Crippen MR) is 132 cm³/mol. The number of hydrogen-bond donors (Lipinski definition) is 2. The van der Waals surface area contributed by atoms with Gasteiger partial charge in [-0.1, -0.05) is 30.7 Å². The van der Waals surface area contributed by atoms with E-state index in [1.165, 1.54) is 17.5 Å². The van der Waals surface area contributed by atoms with Gasteiger partial charge in [-0.05, 0) is 47.7 Å². The van der Waals surface area contributed by atoms with Gasteiger partial charge in [0.1, 0.15) is 18.2 Å². The van der Waals surface area contributed by atoms with Crippen molar-refractivity contribution in [2.24, 2.45) is 0 Å². The molecule has 0 spiro atoms. The second-order valence-electron chi connectivity index (χ2n) is 9.13. The molecule has 2 aliphatic rings. The summed E-state index contributed by atoms with van der Waals surface area (Å²) < 4.78 is 13.9. The van der Waals surface area contributed by atoms with Gasteiger partial charge >= 0.3 is 0 Å². The lowest BCUT2D eigenvalue weighted by Crippen LogP contribution is -2.25. The van der Waals surface area contributed by atoms with E-state index in [0.29, 0.717) is 38.3 Å². The second-order valence-corrected chi connectivity index (χ2v) is 9.13. The van der Waals surface area contributed by atoms with Crippen LogP contribution in [0.5, 0.6) is 5.75 Å². The van der Waals surface area contributed by atoms with E-state index in [1.807, 2.05) is 18.2 Å². The third kappa shape index (κ3) is 6.07. The average molecular weight is 476 g/mol. The van der Waals surface area contributed by atoms with Crippen molar-refractivity contribution in [3.8, 4) is 5.75 Å². The van der Waals surface area contributed by atoms with Crippen molar-refractivity contribution in [3.63, 3.8) is 0 Å². The largest absolute Gasteiger partial charge is 0.491 e. The van der Waals surface area contributed by atoms with Crippen molar-refractivity contribution < 1.29 is 14.3 Å². The Morgan fingerprint density at radius 2 is 1.97 bits per heavy atom. The fourth-order valence-corrected chi connectivity index (χ4v) is 4.70.